The predicted molar refractivity (Wildman–Crippen MR) is 92.1 cm³/mol. The van der Waals surface area contributed by atoms with Gasteiger partial charge >= 0.3 is 5.97 Å². The van der Waals surface area contributed by atoms with E-state index in [1.807, 2.05) is 24.0 Å². The van der Waals surface area contributed by atoms with E-state index in [-0.39, 0.29) is 17.8 Å². The summed E-state index contributed by atoms with van der Waals surface area (Å²) in [6, 6.07) is 7.17. The standard InChI is InChI=1S/C18H24ClNO4/c1-2-23-18(22)14-9-11-20(12-10-14)17(21)4-3-13-24-16-7-5-15(19)6-8-16/h5-8,14H,2-4,9-13H2,1H3. The van der Waals surface area contributed by atoms with Crippen LogP contribution in [0.25, 0.3) is 0 Å². The number of esters is 1. The summed E-state index contributed by atoms with van der Waals surface area (Å²) in [5.41, 5.74) is 0. The molecule has 0 spiro atoms. The maximum absolute atomic E-state index is 12.2. The Morgan fingerprint density at radius 1 is 1.21 bits per heavy atom. The van der Waals surface area contributed by atoms with Gasteiger partial charge in [-0.25, -0.2) is 0 Å². The highest BCUT2D eigenvalue weighted by Crippen LogP contribution is 2.20. The number of halogens is 1. The number of ether oxygens (including phenoxy) is 2. The zero-order valence-electron chi connectivity index (χ0n) is 14.0. The minimum Gasteiger partial charge on any atom is -0.494 e. The SMILES string of the molecule is CCOC(=O)C1CCN(C(=O)CCCOc2ccc(Cl)cc2)CC1. The number of amides is 1. The van der Waals surface area contributed by atoms with Crippen LogP contribution < -0.4 is 4.74 Å². The second-order valence-electron chi connectivity index (χ2n) is 5.81. The number of hydrogen-bond donors (Lipinski definition) is 0. The van der Waals surface area contributed by atoms with Crippen LogP contribution in [0.4, 0.5) is 0 Å². The van der Waals surface area contributed by atoms with Gasteiger partial charge in [0.05, 0.1) is 19.1 Å². The van der Waals surface area contributed by atoms with Gasteiger partial charge in [0.15, 0.2) is 0 Å². The first-order chi connectivity index (χ1) is 11.6. The molecule has 5 nitrogen and oxygen atoms in total. The highest BCUT2D eigenvalue weighted by atomic mass is 35.5. The molecule has 1 aliphatic rings. The molecule has 0 N–H and O–H groups in total. The topological polar surface area (TPSA) is 55.8 Å². The number of hydrogen-bond acceptors (Lipinski definition) is 4. The van der Waals surface area contributed by atoms with Gasteiger partial charge in [0.25, 0.3) is 0 Å². The van der Waals surface area contributed by atoms with Gasteiger partial charge < -0.3 is 14.4 Å². The highest BCUT2D eigenvalue weighted by molar-refractivity contribution is 6.30. The third-order valence-electron chi connectivity index (χ3n) is 4.08. The molecule has 1 aromatic carbocycles. The minimum atomic E-state index is -0.138. The summed E-state index contributed by atoms with van der Waals surface area (Å²) in [7, 11) is 0. The fourth-order valence-corrected chi connectivity index (χ4v) is 2.85. The lowest BCUT2D eigenvalue weighted by atomic mass is 9.97. The van der Waals surface area contributed by atoms with E-state index in [9.17, 15) is 9.59 Å². The maximum atomic E-state index is 12.2. The van der Waals surface area contributed by atoms with Gasteiger partial charge in [-0.3, -0.25) is 9.59 Å². The molecule has 1 saturated heterocycles. The molecule has 0 saturated carbocycles. The van der Waals surface area contributed by atoms with Crippen molar-refractivity contribution in [3.8, 4) is 5.75 Å². The van der Waals surface area contributed by atoms with Gasteiger partial charge in [0, 0.05) is 24.5 Å². The Morgan fingerprint density at radius 2 is 1.88 bits per heavy atom. The molecule has 0 bridgehead atoms. The van der Waals surface area contributed by atoms with Crippen LogP contribution >= 0.6 is 11.6 Å². The summed E-state index contributed by atoms with van der Waals surface area (Å²) in [5.74, 6) is 0.669. The summed E-state index contributed by atoms with van der Waals surface area (Å²) >= 11 is 5.81. The first kappa shape index (κ1) is 18.6. The number of rotatable bonds is 7. The second kappa shape index (κ2) is 9.52. The van der Waals surface area contributed by atoms with Crippen molar-refractivity contribution in [2.45, 2.75) is 32.6 Å². The molecule has 1 heterocycles. The highest BCUT2D eigenvalue weighted by Gasteiger charge is 2.27. The zero-order chi connectivity index (χ0) is 17.4. The van der Waals surface area contributed by atoms with Crippen molar-refractivity contribution in [1.82, 2.24) is 4.90 Å². The molecule has 0 aliphatic carbocycles. The largest absolute Gasteiger partial charge is 0.494 e. The number of benzene rings is 1. The average Bonchev–Trinajstić information content (AvgIpc) is 2.60. The second-order valence-corrected chi connectivity index (χ2v) is 6.25. The van der Waals surface area contributed by atoms with Crippen LogP contribution in [0.1, 0.15) is 32.6 Å². The fraction of sp³-hybridized carbons (Fsp3) is 0.556. The minimum absolute atomic E-state index is 0.0674. The first-order valence-electron chi connectivity index (χ1n) is 8.43. The van der Waals surface area contributed by atoms with E-state index in [0.29, 0.717) is 57.0 Å². The van der Waals surface area contributed by atoms with Gasteiger partial charge in [-0.15, -0.1) is 0 Å². The van der Waals surface area contributed by atoms with Crippen LogP contribution in [0.2, 0.25) is 5.02 Å². The Labute approximate surface area is 147 Å². The van der Waals surface area contributed by atoms with E-state index in [1.165, 1.54) is 0 Å². The quantitative estimate of drug-likeness (QED) is 0.557. The lowest BCUT2D eigenvalue weighted by Crippen LogP contribution is -2.40. The Balaban J connectivity index is 1.63. The third kappa shape index (κ3) is 5.71. The first-order valence-corrected chi connectivity index (χ1v) is 8.80. The van der Waals surface area contributed by atoms with Crippen molar-refractivity contribution in [3.05, 3.63) is 29.3 Å². The Kier molecular flexibility index (Phi) is 7.37. The molecule has 0 unspecified atom stereocenters. The molecule has 0 radical (unpaired) electrons. The van der Waals surface area contributed by atoms with Crippen molar-refractivity contribution in [2.24, 2.45) is 5.92 Å². The molecule has 2 rings (SSSR count). The maximum Gasteiger partial charge on any atom is 0.309 e. The molecule has 0 aromatic heterocycles. The molecule has 1 aromatic rings. The fourth-order valence-electron chi connectivity index (χ4n) is 2.73. The molecule has 24 heavy (non-hydrogen) atoms. The number of carbonyl (C=O) groups is 2. The normalized spacial score (nSPS) is 15.2. The molecular formula is C18H24ClNO4. The molecule has 0 atom stereocenters. The Morgan fingerprint density at radius 3 is 2.50 bits per heavy atom. The smallest absolute Gasteiger partial charge is 0.309 e. The average molecular weight is 354 g/mol. The number of carbonyl (C=O) groups excluding carboxylic acids is 2. The van der Waals surface area contributed by atoms with Crippen molar-refractivity contribution in [2.75, 3.05) is 26.3 Å². The van der Waals surface area contributed by atoms with Gasteiger partial charge in [0.1, 0.15) is 5.75 Å². The number of nitrogens with zero attached hydrogens (tertiary/aromatic N) is 1. The lowest BCUT2D eigenvalue weighted by molar-refractivity contribution is -0.151. The number of piperidine rings is 1. The van der Waals surface area contributed by atoms with Crippen molar-refractivity contribution in [3.63, 3.8) is 0 Å². The third-order valence-corrected chi connectivity index (χ3v) is 4.34. The molecule has 1 amide bonds. The van der Waals surface area contributed by atoms with Crippen LogP contribution in [-0.4, -0.2) is 43.1 Å². The predicted octanol–water partition coefficient (Wildman–Crippen LogP) is 3.30. The zero-order valence-corrected chi connectivity index (χ0v) is 14.8. The van der Waals surface area contributed by atoms with Crippen molar-refractivity contribution >= 4 is 23.5 Å². The Bertz CT molecular complexity index is 538. The van der Waals surface area contributed by atoms with Crippen LogP contribution in [0.5, 0.6) is 5.75 Å². The molecule has 1 aliphatic heterocycles. The van der Waals surface area contributed by atoms with Crippen LogP contribution in [0.3, 0.4) is 0 Å². The molecule has 1 fully saturated rings. The van der Waals surface area contributed by atoms with Crippen LogP contribution in [-0.2, 0) is 14.3 Å². The van der Waals surface area contributed by atoms with E-state index in [1.54, 1.807) is 12.1 Å². The summed E-state index contributed by atoms with van der Waals surface area (Å²) in [6.45, 7) is 3.96. The van der Waals surface area contributed by atoms with E-state index in [4.69, 9.17) is 21.1 Å². The Hall–Kier alpha value is -1.75. The monoisotopic (exact) mass is 353 g/mol. The van der Waals surface area contributed by atoms with Gasteiger partial charge in [0.2, 0.25) is 5.91 Å². The van der Waals surface area contributed by atoms with Crippen molar-refractivity contribution < 1.29 is 19.1 Å². The molecule has 6 heteroatoms. The summed E-state index contributed by atoms with van der Waals surface area (Å²) < 4.78 is 10.6. The van der Waals surface area contributed by atoms with E-state index in [2.05, 4.69) is 0 Å². The van der Waals surface area contributed by atoms with Gasteiger partial charge in [-0.1, -0.05) is 11.6 Å². The summed E-state index contributed by atoms with van der Waals surface area (Å²) in [6.07, 6.45) is 2.49. The van der Waals surface area contributed by atoms with E-state index in [0.717, 1.165) is 5.75 Å². The molecule has 132 valence electrons. The summed E-state index contributed by atoms with van der Waals surface area (Å²) in [4.78, 5) is 25.7. The van der Waals surface area contributed by atoms with Crippen LogP contribution in [0, 0.1) is 5.92 Å². The van der Waals surface area contributed by atoms with E-state index >= 15 is 0 Å². The lowest BCUT2D eigenvalue weighted by Gasteiger charge is -2.31. The van der Waals surface area contributed by atoms with Gasteiger partial charge in [-0.2, -0.15) is 0 Å². The summed E-state index contributed by atoms with van der Waals surface area (Å²) in [5, 5.41) is 0.670. The molecular weight excluding hydrogens is 330 g/mol. The van der Waals surface area contributed by atoms with E-state index < -0.39 is 0 Å². The van der Waals surface area contributed by atoms with Crippen LogP contribution in [0.15, 0.2) is 24.3 Å². The number of likely N-dealkylation sites (tertiary alicyclic amines) is 1. The van der Waals surface area contributed by atoms with Crippen molar-refractivity contribution in [1.29, 1.82) is 0 Å². The van der Waals surface area contributed by atoms with Gasteiger partial charge in [-0.05, 0) is 50.5 Å².